The molecular formula is C33H62O4. The van der Waals surface area contributed by atoms with Crippen LogP contribution in [0.2, 0.25) is 0 Å². The Morgan fingerprint density at radius 3 is 1.54 bits per heavy atom. The molecule has 37 heavy (non-hydrogen) atoms. The zero-order valence-electron chi connectivity index (χ0n) is 24.8. The van der Waals surface area contributed by atoms with Gasteiger partial charge in [0.15, 0.2) is 0 Å². The highest BCUT2D eigenvalue weighted by molar-refractivity contribution is 5.69. The summed E-state index contributed by atoms with van der Waals surface area (Å²) in [4.78, 5) is 22.8. The molecule has 0 amide bonds. The molecular weight excluding hydrogens is 460 g/mol. The van der Waals surface area contributed by atoms with Crippen molar-refractivity contribution in [3.63, 3.8) is 0 Å². The first-order valence-corrected chi connectivity index (χ1v) is 16.2. The lowest BCUT2D eigenvalue weighted by molar-refractivity contribution is -0.150. The molecule has 218 valence electrons. The number of rotatable bonds is 29. The molecule has 0 aliphatic rings. The number of hydrogen-bond donors (Lipinski definition) is 1. The zero-order valence-corrected chi connectivity index (χ0v) is 24.8. The summed E-state index contributed by atoms with van der Waals surface area (Å²) in [6.07, 6.45) is 34.1. The molecule has 0 bridgehead atoms. The molecule has 4 nitrogen and oxygen atoms in total. The number of esters is 1. The molecule has 0 heterocycles. The van der Waals surface area contributed by atoms with Crippen LogP contribution in [-0.4, -0.2) is 23.1 Å². The fourth-order valence-corrected chi connectivity index (χ4v) is 4.88. The smallest absolute Gasteiger partial charge is 0.306 e. The average molecular weight is 523 g/mol. The molecule has 1 N–H and O–H groups in total. The second-order valence-corrected chi connectivity index (χ2v) is 11.0. The zero-order chi connectivity index (χ0) is 27.2. The van der Waals surface area contributed by atoms with Crippen LogP contribution in [-0.2, 0) is 14.3 Å². The number of ether oxygens (including phenoxy) is 1. The normalized spacial score (nSPS) is 12.3. The van der Waals surface area contributed by atoms with Crippen LogP contribution in [0, 0.1) is 0 Å². The molecule has 0 aromatic rings. The van der Waals surface area contributed by atoms with Crippen molar-refractivity contribution in [2.75, 3.05) is 0 Å². The summed E-state index contributed by atoms with van der Waals surface area (Å²) in [6.45, 7) is 4.43. The second-order valence-electron chi connectivity index (χ2n) is 11.0. The highest BCUT2D eigenvalue weighted by atomic mass is 16.5. The summed E-state index contributed by atoms with van der Waals surface area (Å²) in [6, 6.07) is 0. The van der Waals surface area contributed by atoms with Gasteiger partial charge in [0.05, 0.1) is 0 Å². The molecule has 1 unspecified atom stereocenters. The van der Waals surface area contributed by atoms with Gasteiger partial charge in [-0.15, -0.1) is 0 Å². The molecule has 0 spiro atoms. The molecule has 1 atom stereocenters. The number of allylic oxidation sites excluding steroid dienone is 2. The average Bonchev–Trinajstić information content (AvgIpc) is 2.87. The van der Waals surface area contributed by atoms with Gasteiger partial charge in [0.2, 0.25) is 0 Å². The lowest BCUT2D eigenvalue weighted by Crippen LogP contribution is -2.18. The van der Waals surface area contributed by atoms with Crippen LogP contribution in [0.25, 0.3) is 0 Å². The minimum Gasteiger partial charge on any atom is -0.481 e. The lowest BCUT2D eigenvalue weighted by Gasteiger charge is -2.17. The summed E-state index contributed by atoms with van der Waals surface area (Å²) in [5, 5.41) is 8.64. The minimum absolute atomic E-state index is 0.00723. The van der Waals surface area contributed by atoms with E-state index in [0.29, 0.717) is 12.8 Å². The first kappa shape index (κ1) is 35.7. The van der Waals surface area contributed by atoms with Gasteiger partial charge in [-0.2, -0.15) is 0 Å². The number of carboxylic acids is 1. The van der Waals surface area contributed by atoms with E-state index in [9.17, 15) is 9.59 Å². The molecule has 0 radical (unpaired) electrons. The van der Waals surface area contributed by atoms with E-state index in [0.717, 1.165) is 57.8 Å². The van der Waals surface area contributed by atoms with Gasteiger partial charge in [-0.1, -0.05) is 122 Å². The van der Waals surface area contributed by atoms with Crippen LogP contribution in [0.15, 0.2) is 12.2 Å². The third-order valence-corrected chi connectivity index (χ3v) is 7.22. The van der Waals surface area contributed by atoms with Gasteiger partial charge in [0.25, 0.3) is 0 Å². The SMILES string of the molecule is CCCCCC/C=C\CCCCCCCC(=O)OC(CCC)CCCCCCCCCCCCC(=O)O. The number of unbranched alkanes of at least 4 members (excludes halogenated alkanes) is 18. The number of hydrogen-bond acceptors (Lipinski definition) is 3. The third kappa shape index (κ3) is 29.1. The topological polar surface area (TPSA) is 63.6 Å². The number of carbonyl (C=O) groups excluding carboxylic acids is 1. The molecule has 0 aliphatic heterocycles. The van der Waals surface area contributed by atoms with Crippen LogP contribution in [0.4, 0.5) is 0 Å². The van der Waals surface area contributed by atoms with Crippen molar-refractivity contribution < 1.29 is 19.4 Å². The van der Waals surface area contributed by atoms with Crippen molar-refractivity contribution in [1.29, 1.82) is 0 Å². The van der Waals surface area contributed by atoms with E-state index in [2.05, 4.69) is 26.0 Å². The summed E-state index contributed by atoms with van der Waals surface area (Å²) in [7, 11) is 0. The van der Waals surface area contributed by atoms with E-state index in [1.165, 1.54) is 96.3 Å². The minimum atomic E-state index is -0.677. The second kappa shape index (κ2) is 29.2. The molecule has 0 rings (SSSR count). The van der Waals surface area contributed by atoms with Crippen molar-refractivity contribution in [3.05, 3.63) is 12.2 Å². The number of aliphatic carboxylic acids is 1. The summed E-state index contributed by atoms with van der Waals surface area (Å²) >= 11 is 0. The standard InChI is InChI=1S/C33H62O4/c1-3-5-6-7-8-9-10-11-12-17-20-23-26-30-33(36)37-31(27-4-2)28-24-21-18-15-13-14-16-19-22-25-29-32(34)35/h9-10,31H,3-8,11-30H2,1-2H3,(H,34,35)/b10-9-. The van der Waals surface area contributed by atoms with E-state index in [1.54, 1.807) is 0 Å². The van der Waals surface area contributed by atoms with Gasteiger partial charge in [-0.05, 0) is 57.8 Å². The van der Waals surface area contributed by atoms with Crippen LogP contribution in [0.5, 0.6) is 0 Å². The predicted molar refractivity (Wildman–Crippen MR) is 158 cm³/mol. The fourth-order valence-electron chi connectivity index (χ4n) is 4.88. The van der Waals surface area contributed by atoms with Gasteiger partial charge in [0.1, 0.15) is 6.10 Å². The Hall–Kier alpha value is -1.32. The van der Waals surface area contributed by atoms with Gasteiger partial charge in [-0.3, -0.25) is 9.59 Å². The largest absolute Gasteiger partial charge is 0.481 e. The monoisotopic (exact) mass is 522 g/mol. The maximum atomic E-state index is 12.3. The molecule has 0 aromatic heterocycles. The lowest BCUT2D eigenvalue weighted by atomic mass is 10.0. The molecule has 0 saturated carbocycles. The Morgan fingerprint density at radius 2 is 1.03 bits per heavy atom. The van der Waals surface area contributed by atoms with Gasteiger partial charge < -0.3 is 9.84 Å². The first-order chi connectivity index (χ1) is 18.1. The van der Waals surface area contributed by atoms with Crippen LogP contribution < -0.4 is 0 Å². The van der Waals surface area contributed by atoms with Crippen LogP contribution >= 0.6 is 0 Å². The Labute approximate surface area is 230 Å². The van der Waals surface area contributed by atoms with Crippen molar-refractivity contribution in [1.82, 2.24) is 0 Å². The van der Waals surface area contributed by atoms with E-state index in [1.807, 2.05) is 0 Å². The molecule has 0 saturated heterocycles. The molecule has 0 aromatic carbocycles. The van der Waals surface area contributed by atoms with E-state index < -0.39 is 5.97 Å². The van der Waals surface area contributed by atoms with Crippen molar-refractivity contribution in [3.8, 4) is 0 Å². The Kier molecular flexibility index (Phi) is 28.2. The van der Waals surface area contributed by atoms with Crippen LogP contribution in [0.1, 0.15) is 181 Å². The summed E-state index contributed by atoms with van der Waals surface area (Å²) < 4.78 is 5.82. The highest BCUT2D eigenvalue weighted by Crippen LogP contribution is 2.17. The highest BCUT2D eigenvalue weighted by Gasteiger charge is 2.13. The van der Waals surface area contributed by atoms with E-state index in [-0.39, 0.29) is 12.1 Å². The Bertz CT molecular complexity index is 528. The van der Waals surface area contributed by atoms with Gasteiger partial charge >= 0.3 is 11.9 Å². The fraction of sp³-hybridized carbons (Fsp3) is 0.879. The third-order valence-electron chi connectivity index (χ3n) is 7.22. The summed E-state index contributed by atoms with van der Waals surface area (Å²) in [5.41, 5.74) is 0. The van der Waals surface area contributed by atoms with Crippen molar-refractivity contribution >= 4 is 11.9 Å². The molecule has 0 fully saturated rings. The maximum Gasteiger partial charge on any atom is 0.306 e. The van der Waals surface area contributed by atoms with E-state index in [4.69, 9.17) is 9.84 Å². The quantitative estimate of drug-likeness (QED) is 0.0602. The van der Waals surface area contributed by atoms with Crippen LogP contribution in [0.3, 0.4) is 0 Å². The molecule has 0 aliphatic carbocycles. The predicted octanol–water partition coefficient (Wildman–Crippen LogP) is 10.7. The van der Waals surface area contributed by atoms with Crippen molar-refractivity contribution in [2.24, 2.45) is 0 Å². The van der Waals surface area contributed by atoms with Gasteiger partial charge in [0, 0.05) is 12.8 Å². The number of carboxylic acid groups (broad SMARTS) is 1. The van der Waals surface area contributed by atoms with Gasteiger partial charge in [-0.25, -0.2) is 0 Å². The van der Waals surface area contributed by atoms with Crippen molar-refractivity contribution in [2.45, 2.75) is 187 Å². The summed E-state index contributed by atoms with van der Waals surface area (Å²) in [5.74, 6) is -0.670. The number of carbonyl (C=O) groups is 2. The Morgan fingerprint density at radius 1 is 0.568 bits per heavy atom. The first-order valence-electron chi connectivity index (χ1n) is 16.2. The Balaban J connectivity index is 3.59. The molecule has 4 heteroatoms. The maximum absolute atomic E-state index is 12.3. The van der Waals surface area contributed by atoms with E-state index >= 15 is 0 Å².